The van der Waals surface area contributed by atoms with Crippen LogP contribution >= 0.6 is 15.9 Å². The predicted octanol–water partition coefficient (Wildman–Crippen LogP) is 1.81. The molecule has 1 aromatic carbocycles. The van der Waals surface area contributed by atoms with Gasteiger partial charge in [0.25, 0.3) is 11.8 Å². The number of hydrogen-bond acceptors (Lipinski definition) is 3. The largest absolute Gasteiger partial charge is 0.344 e. The summed E-state index contributed by atoms with van der Waals surface area (Å²) in [6, 6.07) is 5.98. The molecule has 1 aliphatic rings. The Labute approximate surface area is 124 Å². The van der Waals surface area contributed by atoms with Crippen molar-refractivity contribution in [2.45, 2.75) is 25.8 Å². The second-order valence-electron chi connectivity index (χ2n) is 4.70. The second kappa shape index (κ2) is 5.24. The summed E-state index contributed by atoms with van der Waals surface area (Å²) in [6.45, 7) is 3.41. The van der Waals surface area contributed by atoms with Crippen molar-refractivity contribution in [1.82, 2.24) is 15.8 Å². The lowest BCUT2D eigenvalue weighted by Gasteiger charge is -2.19. The van der Waals surface area contributed by atoms with Crippen molar-refractivity contribution in [3.05, 3.63) is 34.3 Å². The van der Waals surface area contributed by atoms with Crippen LogP contribution in [0.4, 0.5) is 4.79 Å². The minimum atomic E-state index is -0.968. The van der Waals surface area contributed by atoms with E-state index in [9.17, 15) is 14.4 Å². The molecule has 1 fully saturated rings. The Kier molecular flexibility index (Phi) is 3.80. The Hall–Kier alpha value is -1.89. The number of amides is 4. The average molecular weight is 340 g/mol. The molecule has 0 bridgehead atoms. The summed E-state index contributed by atoms with van der Waals surface area (Å²) in [4.78, 5) is 35.9. The summed E-state index contributed by atoms with van der Waals surface area (Å²) in [5.41, 5.74) is 1.71. The van der Waals surface area contributed by atoms with Gasteiger partial charge in [-0.25, -0.2) is 4.79 Å². The van der Waals surface area contributed by atoms with Gasteiger partial charge < -0.3 is 5.32 Å². The number of urea groups is 1. The van der Waals surface area contributed by atoms with Crippen LogP contribution in [0.3, 0.4) is 0 Å². The number of rotatable bonds is 3. The molecule has 1 aliphatic heterocycles. The van der Waals surface area contributed by atoms with Crippen molar-refractivity contribution in [3.8, 4) is 0 Å². The predicted molar refractivity (Wildman–Crippen MR) is 75.7 cm³/mol. The van der Waals surface area contributed by atoms with E-state index in [4.69, 9.17) is 0 Å². The van der Waals surface area contributed by atoms with Gasteiger partial charge in [0.2, 0.25) is 0 Å². The fraction of sp³-hybridized carbons (Fsp3) is 0.308. The van der Waals surface area contributed by atoms with Crippen molar-refractivity contribution in [2.24, 2.45) is 0 Å². The van der Waals surface area contributed by atoms with Gasteiger partial charge >= 0.3 is 6.03 Å². The van der Waals surface area contributed by atoms with E-state index in [2.05, 4.69) is 26.7 Å². The van der Waals surface area contributed by atoms with Crippen LogP contribution in [0.25, 0.3) is 0 Å². The van der Waals surface area contributed by atoms with Gasteiger partial charge in [-0.3, -0.25) is 15.0 Å². The van der Waals surface area contributed by atoms with Crippen LogP contribution in [-0.2, 0) is 4.79 Å². The number of nitrogens with one attached hydrogen (secondary N) is 2. The molecule has 1 aromatic rings. The Morgan fingerprint density at radius 3 is 2.45 bits per heavy atom. The lowest BCUT2D eigenvalue weighted by Crippen LogP contribution is -2.48. The third kappa shape index (κ3) is 2.53. The monoisotopic (exact) mass is 339 g/mol. The maximum atomic E-state index is 12.1. The van der Waals surface area contributed by atoms with E-state index in [0.29, 0.717) is 12.0 Å². The molecule has 0 spiro atoms. The highest BCUT2D eigenvalue weighted by molar-refractivity contribution is 9.10. The van der Waals surface area contributed by atoms with Gasteiger partial charge in [-0.15, -0.1) is 0 Å². The molecule has 0 aromatic heterocycles. The van der Waals surface area contributed by atoms with Gasteiger partial charge in [0.1, 0.15) is 5.54 Å². The summed E-state index contributed by atoms with van der Waals surface area (Å²) in [7, 11) is 0. The summed E-state index contributed by atoms with van der Waals surface area (Å²) in [5, 5.41) is 3.29. The van der Waals surface area contributed by atoms with Gasteiger partial charge in [0, 0.05) is 10.0 Å². The molecule has 6 nitrogen and oxygen atoms in total. The van der Waals surface area contributed by atoms with Crippen molar-refractivity contribution < 1.29 is 14.4 Å². The van der Waals surface area contributed by atoms with Crippen molar-refractivity contribution in [2.75, 3.05) is 0 Å². The van der Waals surface area contributed by atoms with Crippen LogP contribution in [-0.4, -0.2) is 28.4 Å². The highest BCUT2D eigenvalue weighted by atomic mass is 79.9. The molecule has 1 saturated heterocycles. The molecule has 2 rings (SSSR count). The van der Waals surface area contributed by atoms with Gasteiger partial charge in [0.05, 0.1) is 0 Å². The first-order valence-corrected chi connectivity index (χ1v) is 6.90. The zero-order chi connectivity index (χ0) is 14.9. The maximum absolute atomic E-state index is 12.1. The Morgan fingerprint density at radius 2 is 1.95 bits per heavy atom. The van der Waals surface area contributed by atoms with Crippen LogP contribution < -0.4 is 10.7 Å². The third-order valence-electron chi connectivity index (χ3n) is 3.29. The highest BCUT2D eigenvalue weighted by Gasteiger charge is 2.47. The molecule has 1 heterocycles. The molecule has 20 heavy (non-hydrogen) atoms. The number of benzene rings is 1. The van der Waals surface area contributed by atoms with Gasteiger partial charge in [0.15, 0.2) is 0 Å². The lowest BCUT2D eigenvalue weighted by molar-refractivity contribution is -0.132. The molecular formula is C13H14BrN3O3. The molecule has 106 valence electrons. The summed E-state index contributed by atoms with van der Waals surface area (Å²) < 4.78 is 0.836. The molecule has 4 amide bonds. The zero-order valence-corrected chi connectivity index (χ0v) is 12.7. The lowest BCUT2D eigenvalue weighted by atomic mass is 10.00. The summed E-state index contributed by atoms with van der Waals surface area (Å²) in [6.07, 6.45) is 0.447. The van der Waals surface area contributed by atoms with Crippen LogP contribution in [0.1, 0.15) is 30.6 Å². The quantitative estimate of drug-likeness (QED) is 0.824. The zero-order valence-electron chi connectivity index (χ0n) is 11.1. The van der Waals surface area contributed by atoms with Gasteiger partial charge in [-0.05, 0) is 37.6 Å². The number of hydrazine groups is 1. The second-order valence-corrected chi connectivity index (χ2v) is 5.62. The first-order valence-electron chi connectivity index (χ1n) is 6.10. The number of carbonyl (C=O) groups excluding carboxylic acids is 3. The highest BCUT2D eigenvalue weighted by Crippen LogP contribution is 2.19. The Balaban J connectivity index is 2.14. The van der Waals surface area contributed by atoms with Gasteiger partial charge in [-0.1, -0.05) is 22.9 Å². The van der Waals surface area contributed by atoms with Crippen LogP contribution in [0.15, 0.2) is 28.7 Å². The molecule has 0 radical (unpaired) electrons. The van der Waals surface area contributed by atoms with E-state index in [1.165, 1.54) is 0 Å². The van der Waals surface area contributed by atoms with Crippen LogP contribution in [0.2, 0.25) is 0 Å². The first-order chi connectivity index (χ1) is 9.37. The molecule has 0 aliphatic carbocycles. The fourth-order valence-corrected chi connectivity index (χ4v) is 2.06. The van der Waals surface area contributed by atoms with E-state index in [0.717, 1.165) is 9.48 Å². The summed E-state index contributed by atoms with van der Waals surface area (Å²) in [5.74, 6) is -0.975. The number of halogens is 1. The molecule has 0 unspecified atom stereocenters. The Morgan fingerprint density at radius 1 is 1.35 bits per heavy atom. The first kappa shape index (κ1) is 14.5. The van der Waals surface area contributed by atoms with E-state index in [1.54, 1.807) is 38.1 Å². The van der Waals surface area contributed by atoms with E-state index in [1.807, 2.05) is 0 Å². The minimum absolute atomic E-state index is 0.360. The van der Waals surface area contributed by atoms with Crippen LogP contribution in [0, 0.1) is 0 Å². The number of hydrogen-bond donors (Lipinski definition) is 2. The standard InChI is InChI=1S/C13H14BrN3O3/c1-3-13(2)11(19)17(12(20)15-13)16-10(18)8-4-6-9(14)7-5-8/h4-7H,3H2,1-2H3,(H,15,20)(H,16,18)/t13-/m1/s1. The topological polar surface area (TPSA) is 78.5 Å². The van der Waals surface area contributed by atoms with Crippen molar-refractivity contribution in [1.29, 1.82) is 0 Å². The van der Waals surface area contributed by atoms with Crippen LogP contribution in [0.5, 0.6) is 0 Å². The molecule has 1 atom stereocenters. The van der Waals surface area contributed by atoms with E-state index >= 15 is 0 Å². The molecule has 7 heteroatoms. The Bertz CT molecular complexity index is 573. The van der Waals surface area contributed by atoms with E-state index in [-0.39, 0.29) is 0 Å². The molecular weight excluding hydrogens is 326 g/mol. The number of imide groups is 1. The smallest absolute Gasteiger partial charge is 0.322 e. The van der Waals surface area contributed by atoms with E-state index < -0.39 is 23.4 Å². The fourth-order valence-electron chi connectivity index (χ4n) is 1.79. The normalized spacial score (nSPS) is 21.9. The number of nitrogens with zero attached hydrogens (tertiary/aromatic N) is 1. The van der Waals surface area contributed by atoms with Crippen molar-refractivity contribution >= 4 is 33.8 Å². The number of carbonyl (C=O) groups is 3. The summed E-state index contributed by atoms with van der Waals surface area (Å²) >= 11 is 3.27. The SMILES string of the molecule is CC[C@@]1(C)NC(=O)N(NC(=O)c2ccc(Br)cc2)C1=O. The van der Waals surface area contributed by atoms with Gasteiger partial charge in [-0.2, -0.15) is 5.01 Å². The minimum Gasteiger partial charge on any atom is -0.322 e. The molecule has 0 saturated carbocycles. The average Bonchev–Trinajstić information content (AvgIpc) is 2.64. The molecule has 2 N–H and O–H groups in total. The maximum Gasteiger partial charge on any atom is 0.344 e. The third-order valence-corrected chi connectivity index (χ3v) is 3.82. The van der Waals surface area contributed by atoms with Crippen molar-refractivity contribution in [3.63, 3.8) is 0 Å².